The normalized spacial score (nSPS) is 12.2. The summed E-state index contributed by atoms with van der Waals surface area (Å²) in [6, 6.07) is 8.13. The highest BCUT2D eigenvalue weighted by Crippen LogP contribution is 2.23. The molecular weight excluding hydrogens is 256 g/mol. The van der Waals surface area contributed by atoms with Crippen LogP contribution in [0.1, 0.15) is 27.7 Å². The minimum atomic E-state index is -2.32. The third-order valence-corrected chi connectivity index (χ3v) is 7.08. The molecule has 0 aromatic heterocycles. The second kappa shape index (κ2) is 7.08. The Morgan fingerprint density at radius 2 is 1.47 bits per heavy atom. The van der Waals surface area contributed by atoms with E-state index in [-0.39, 0.29) is 0 Å². The molecule has 0 radical (unpaired) electrons. The van der Waals surface area contributed by atoms with E-state index in [0.717, 1.165) is 17.5 Å². The van der Waals surface area contributed by atoms with Gasteiger partial charge in [-0.2, -0.15) is 0 Å². The second-order valence-corrected chi connectivity index (χ2v) is 9.34. The van der Waals surface area contributed by atoms with Crippen molar-refractivity contribution in [3.63, 3.8) is 0 Å². The molecule has 0 amide bonds. The Morgan fingerprint density at radius 3 is 1.84 bits per heavy atom. The Kier molecular flexibility index (Phi) is 6.04. The Hall–Kier alpha value is -0.843. The molecule has 0 unspecified atom stereocenters. The van der Waals surface area contributed by atoms with Crippen LogP contribution in [0.25, 0.3) is 0 Å². The first-order valence-electron chi connectivity index (χ1n) is 6.80. The van der Waals surface area contributed by atoms with Gasteiger partial charge < -0.3 is 13.6 Å². The fraction of sp³-hybridized carbons (Fsp3) is 0.600. The average molecular weight is 282 g/mol. The average Bonchev–Trinajstić information content (AvgIpc) is 2.39. The van der Waals surface area contributed by atoms with Gasteiger partial charge >= 0.3 is 8.56 Å². The maximum absolute atomic E-state index is 5.75. The molecule has 0 saturated heterocycles. The zero-order valence-corrected chi connectivity index (χ0v) is 13.9. The Morgan fingerprint density at radius 1 is 0.947 bits per heavy atom. The van der Waals surface area contributed by atoms with Gasteiger partial charge in [0.05, 0.1) is 6.61 Å². The summed E-state index contributed by atoms with van der Waals surface area (Å²) in [5.74, 6) is 1.43. The van der Waals surface area contributed by atoms with Crippen LogP contribution in [0, 0.1) is 5.92 Å². The third-order valence-electron chi connectivity index (χ3n) is 3.21. The lowest BCUT2D eigenvalue weighted by Gasteiger charge is -2.31. The van der Waals surface area contributed by atoms with Gasteiger partial charge in [0.25, 0.3) is 0 Å². The maximum Gasteiger partial charge on any atom is 0.374 e. The largest absolute Gasteiger partial charge is 0.493 e. The lowest BCUT2D eigenvalue weighted by atomic mass is 10.2. The minimum Gasteiger partial charge on any atom is -0.493 e. The summed E-state index contributed by atoms with van der Waals surface area (Å²) in [7, 11) is 1.15. The number of hydrogen-bond acceptors (Lipinski definition) is 3. The van der Waals surface area contributed by atoms with Gasteiger partial charge in [0.15, 0.2) is 0 Å². The molecule has 108 valence electrons. The van der Waals surface area contributed by atoms with E-state index in [1.54, 1.807) is 14.2 Å². The predicted octanol–water partition coefficient (Wildman–Crippen LogP) is 3.07. The lowest BCUT2D eigenvalue weighted by molar-refractivity contribution is 0.248. The summed E-state index contributed by atoms with van der Waals surface area (Å²) >= 11 is 0. The van der Waals surface area contributed by atoms with Crippen molar-refractivity contribution in [3.05, 3.63) is 24.3 Å². The van der Waals surface area contributed by atoms with Crippen LogP contribution < -0.4 is 9.92 Å². The monoisotopic (exact) mass is 282 g/mol. The Balaban J connectivity index is 2.90. The van der Waals surface area contributed by atoms with Crippen LogP contribution in [0.15, 0.2) is 24.3 Å². The summed E-state index contributed by atoms with van der Waals surface area (Å²) in [5, 5.41) is 1.14. The van der Waals surface area contributed by atoms with Crippen molar-refractivity contribution in [2.75, 3.05) is 20.8 Å². The van der Waals surface area contributed by atoms with Gasteiger partial charge in [-0.3, -0.25) is 0 Å². The zero-order valence-electron chi connectivity index (χ0n) is 12.9. The Bertz CT molecular complexity index is 369. The molecule has 0 aliphatic carbocycles. The summed E-state index contributed by atoms with van der Waals surface area (Å²) in [4.78, 5) is 0. The number of benzene rings is 1. The summed E-state index contributed by atoms with van der Waals surface area (Å²) in [5.41, 5.74) is 0.352. The van der Waals surface area contributed by atoms with E-state index in [9.17, 15) is 0 Å². The molecule has 0 saturated carbocycles. The van der Waals surface area contributed by atoms with Crippen LogP contribution in [0.3, 0.4) is 0 Å². The van der Waals surface area contributed by atoms with E-state index in [0.29, 0.717) is 11.5 Å². The van der Waals surface area contributed by atoms with Gasteiger partial charge in [0, 0.05) is 19.8 Å². The van der Waals surface area contributed by atoms with Crippen LogP contribution in [0.2, 0.25) is 5.54 Å². The molecular formula is C15H26O3Si. The molecule has 0 bridgehead atoms. The fourth-order valence-corrected chi connectivity index (χ4v) is 5.05. The molecule has 19 heavy (non-hydrogen) atoms. The van der Waals surface area contributed by atoms with E-state index in [4.69, 9.17) is 13.6 Å². The van der Waals surface area contributed by atoms with Gasteiger partial charge in [-0.1, -0.05) is 39.8 Å². The molecule has 4 heteroatoms. The minimum absolute atomic E-state index is 0.352. The van der Waals surface area contributed by atoms with E-state index >= 15 is 0 Å². The molecule has 0 spiro atoms. The third kappa shape index (κ3) is 3.81. The van der Waals surface area contributed by atoms with Crippen molar-refractivity contribution in [2.24, 2.45) is 5.92 Å². The van der Waals surface area contributed by atoms with Crippen LogP contribution in [0.4, 0.5) is 0 Å². The number of ether oxygens (including phenoxy) is 1. The fourth-order valence-electron chi connectivity index (χ4n) is 2.17. The van der Waals surface area contributed by atoms with E-state index in [2.05, 4.69) is 39.8 Å². The van der Waals surface area contributed by atoms with Crippen LogP contribution >= 0.6 is 0 Å². The molecule has 0 fully saturated rings. The molecule has 3 nitrogen and oxygen atoms in total. The van der Waals surface area contributed by atoms with Gasteiger partial charge in [-0.25, -0.2) is 0 Å². The van der Waals surface area contributed by atoms with Crippen molar-refractivity contribution in [1.82, 2.24) is 0 Å². The van der Waals surface area contributed by atoms with E-state index < -0.39 is 8.56 Å². The predicted molar refractivity (Wildman–Crippen MR) is 81.3 cm³/mol. The van der Waals surface area contributed by atoms with Gasteiger partial charge in [-0.05, 0) is 23.2 Å². The van der Waals surface area contributed by atoms with Crippen molar-refractivity contribution >= 4 is 13.7 Å². The number of rotatable bonds is 7. The summed E-state index contributed by atoms with van der Waals surface area (Å²) in [6.45, 7) is 9.30. The molecule has 0 aliphatic rings. The summed E-state index contributed by atoms with van der Waals surface area (Å²) in [6.07, 6.45) is 0. The van der Waals surface area contributed by atoms with Crippen molar-refractivity contribution in [2.45, 2.75) is 33.2 Å². The molecule has 0 heterocycles. The van der Waals surface area contributed by atoms with Gasteiger partial charge in [-0.15, -0.1) is 0 Å². The lowest BCUT2D eigenvalue weighted by Crippen LogP contribution is -2.54. The number of hydrogen-bond donors (Lipinski definition) is 0. The van der Waals surface area contributed by atoms with Crippen molar-refractivity contribution in [3.8, 4) is 5.75 Å². The highest BCUT2D eigenvalue weighted by Gasteiger charge is 2.41. The van der Waals surface area contributed by atoms with E-state index in [1.165, 1.54) is 0 Å². The Labute approximate surface area is 118 Å². The van der Waals surface area contributed by atoms with Crippen molar-refractivity contribution in [1.29, 1.82) is 0 Å². The topological polar surface area (TPSA) is 27.7 Å². The zero-order chi connectivity index (χ0) is 14.5. The maximum atomic E-state index is 5.75. The van der Waals surface area contributed by atoms with Gasteiger partial charge in [0.2, 0.25) is 0 Å². The first kappa shape index (κ1) is 16.2. The van der Waals surface area contributed by atoms with Crippen LogP contribution in [0.5, 0.6) is 5.75 Å². The van der Waals surface area contributed by atoms with Crippen LogP contribution in [-0.2, 0) is 8.85 Å². The SMILES string of the molecule is CO[Si](OC)(c1ccc(OCC(C)C)cc1)C(C)C. The highest BCUT2D eigenvalue weighted by atomic mass is 28.4. The van der Waals surface area contributed by atoms with Gasteiger partial charge in [0.1, 0.15) is 5.75 Å². The van der Waals surface area contributed by atoms with E-state index in [1.807, 2.05) is 12.1 Å². The van der Waals surface area contributed by atoms with Crippen molar-refractivity contribution < 1.29 is 13.6 Å². The molecule has 0 atom stereocenters. The first-order valence-corrected chi connectivity index (χ1v) is 8.69. The quantitative estimate of drug-likeness (QED) is 0.719. The smallest absolute Gasteiger partial charge is 0.374 e. The van der Waals surface area contributed by atoms with Crippen LogP contribution in [-0.4, -0.2) is 29.4 Å². The standard InChI is InChI=1S/C15H26O3Si/c1-12(2)11-18-14-7-9-15(10-8-14)19(16-5,17-6)13(3)4/h7-10,12-13H,11H2,1-6H3. The summed E-state index contributed by atoms with van der Waals surface area (Å²) < 4.78 is 17.2. The molecule has 1 aromatic carbocycles. The highest BCUT2D eigenvalue weighted by molar-refractivity contribution is 6.82. The second-order valence-electron chi connectivity index (χ2n) is 5.46. The molecule has 0 aliphatic heterocycles. The molecule has 0 N–H and O–H groups in total. The first-order chi connectivity index (χ1) is 8.96. The molecule has 1 aromatic rings. The molecule has 1 rings (SSSR count).